The Morgan fingerprint density at radius 3 is 2.42 bits per heavy atom. The Kier molecular flexibility index (Phi) is 6.98. The van der Waals surface area contributed by atoms with Gasteiger partial charge in [0.05, 0.1) is 17.3 Å². The smallest absolute Gasteiger partial charge is 0.335 e. The first kappa shape index (κ1) is 25.2. The van der Waals surface area contributed by atoms with Gasteiger partial charge in [0.2, 0.25) is 0 Å². The summed E-state index contributed by atoms with van der Waals surface area (Å²) < 4.78 is 12.2. The van der Waals surface area contributed by atoms with Gasteiger partial charge in [0.1, 0.15) is 12.2 Å². The first-order chi connectivity index (χ1) is 18.4. The number of amides is 4. The largest absolute Gasteiger partial charge is 0.493 e. The van der Waals surface area contributed by atoms with Crippen molar-refractivity contribution < 1.29 is 23.9 Å². The van der Waals surface area contributed by atoms with Crippen LogP contribution in [0.3, 0.4) is 0 Å². The molecule has 38 heavy (non-hydrogen) atoms. The maximum Gasteiger partial charge on any atom is 0.335 e. The number of nitrogens with one attached hydrogen (secondary N) is 1. The van der Waals surface area contributed by atoms with E-state index >= 15 is 0 Å². The van der Waals surface area contributed by atoms with Crippen molar-refractivity contribution in [3.63, 3.8) is 0 Å². The van der Waals surface area contributed by atoms with Crippen LogP contribution in [0.15, 0.2) is 88.9 Å². The number of benzene rings is 4. The predicted molar refractivity (Wildman–Crippen MR) is 149 cm³/mol. The molecule has 7 nitrogen and oxygen atoms in total. The molecule has 5 rings (SSSR count). The van der Waals surface area contributed by atoms with E-state index in [0.717, 1.165) is 26.8 Å². The Morgan fingerprint density at radius 2 is 1.66 bits per heavy atom. The summed E-state index contributed by atoms with van der Waals surface area (Å²) in [5.74, 6) is -0.571. The van der Waals surface area contributed by atoms with E-state index in [1.807, 2.05) is 30.3 Å². The van der Waals surface area contributed by atoms with E-state index < -0.39 is 17.8 Å². The standard InChI is InChI=1S/C30H23BrN2O5/c1-18-7-3-6-10-25(18)33-29(35)23(28(34)32-30(33)36)14-20-15-24(31)27(26(16-20)37-2)38-17-19-11-12-21-8-4-5-9-22(21)13-19/h3-16H,17H2,1-2H3,(H,32,34,36)/b23-14+. The Hall–Kier alpha value is -4.43. The molecule has 0 unspecified atom stereocenters. The molecule has 190 valence electrons. The summed E-state index contributed by atoms with van der Waals surface area (Å²) in [6.07, 6.45) is 1.43. The van der Waals surface area contributed by atoms with E-state index in [4.69, 9.17) is 9.47 Å². The fraction of sp³-hybridized carbons (Fsp3) is 0.100. The molecule has 8 heteroatoms. The van der Waals surface area contributed by atoms with Gasteiger partial charge >= 0.3 is 6.03 Å². The van der Waals surface area contributed by atoms with Crippen molar-refractivity contribution in [1.29, 1.82) is 0 Å². The van der Waals surface area contributed by atoms with Gasteiger partial charge in [-0.2, -0.15) is 0 Å². The summed E-state index contributed by atoms with van der Waals surface area (Å²) in [6.45, 7) is 2.10. The second kappa shape index (κ2) is 10.5. The molecule has 1 aliphatic heterocycles. The average molecular weight is 571 g/mol. The van der Waals surface area contributed by atoms with Gasteiger partial charge in [-0.3, -0.25) is 14.9 Å². The number of hydrogen-bond donors (Lipinski definition) is 1. The molecule has 4 aromatic carbocycles. The molecule has 1 aliphatic rings. The van der Waals surface area contributed by atoms with E-state index in [-0.39, 0.29) is 5.57 Å². The number of imide groups is 2. The monoisotopic (exact) mass is 570 g/mol. The number of methoxy groups -OCH3 is 1. The summed E-state index contributed by atoms with van der Waals surface area (Å²) in [4.78, 5) is 39.4. The van der Waals surface area contributed by atoms with Crippen molar-refractivity contribution in [2.75, 3.05) is 12.0 Å². The number of barbiturate groups is 1. The minimum atomic E-state index is -0.789. The topological polar surface area (TPSA) is 84.9 Å². The van der Waals surface area contributed by atoms with Gasteiger partial charge in [0.25, 0.3) is 11.8 Å². The normalized spacial score (nSPS) is 14.7. The summed E-state index contributed by atoms with van der Waals surface area (Å²) in [6, 6.07) is 23.8. The Bertz CT molecular complexity index is 1630. The van der Waals surface area contributed by atoms with Crippen molar-refractivity contribution in [1.82, 2.24) is 5.32 Å². The van der Waals surface area contributed by atoms with Gasteiger partial charge in [0.15, 0.2) is 11.5 Å². The van der Waals surface area contributed by atoms with Crippen LogP contribution < -0.4 is 19.7 Å². The molecule has 0 aliphatic carbocycles. The van der Waals surface area contributed by atoms with Gasteiger partial charge < -0.3 is 9.47 Å². The second-order valence-electron chi connectivity index (χ2n) is 8.75. The maximum absolute atomic E-state index is 13.3. The number of halogens is 1. The van der Waals surface area contributed by atoms with Crippen molar-refractivity contribution in [2.24, 2.45) is 0 Å². The molecule has 4 amide bonds. The van der Waals surface area contributed by atoms with Crippen LogP contribution in [-0.4, -0.2) is 25.0 Å². The molecule has 1 heterocycles. The minimum Gasteiger partial charge on any atom is -0.493 e. The quantitative estimate of drug-likeness (QED) is 0.221. The Balaban J connectivity index is 1.43. The van der Waals surface area contributed by atoms with E-state index in [0.29, 0.717) is 33.8 Å². The number of rotatable bonds is 6. The highest BCUT2D eigenvalue weighted by molar-refractivity contribution is 9.10. The number of carbonyl (C=O) groups excluding carboxylic acids is 3. The number of para-hydroxylation sites is 1. The number of fused-ring (bicyclic) bond motifs is 1. The fourth-order valence-electron chi connectivity index (χ4n) is 4.30. The zero-order chi connectivity index (χ0) is 26.8. The van der Waals surface area contributed by atoms with Crippen molar-refractivity contribution in [3.8, 4) is 11.5 Å². The highest BCUT2D eigenvalue weighted by Gasteiger charge is 2.37. The number of nitrogens with zero attached hydrogens (tertiary/aromatic N) is 1. The zero-order valence-electron chi connectivity index (χ0n) is 20.7. The van der Waals surface area contributed by atoms with E-state index in [2.05, 4.69) is 33.4 Å². The lowest BCUT2D eigenvalue weighted by Crippen LogP contribution is -2.54. The van der Waals surface area contributed by atoms with Crippen LogP contribution in [0.1, 0.15) is 16.7 Å². The van der Waals surface area contributed by atoms with Gasteiger partial charge in [-0.1, -0.05) is 54.6 Å². The van der Waals surface area contributed by atoms with Crippen LogP contribution in [0.5, 0.6) is 11.5 Å². The summed E-state index contributed by atoms with van der Waals surface area (Å²) in [5.41, 5.74) is 2.47. The molecular weight excluding hydrogens is 548 g/mol. The molecule has 0 saturated carbocycles. The van der Waals surface area contributed by atoms with Crippen LogP contribution >= 0.6 is 15.9 Å². The third-order valence-electron chi connectivity index (χ3n) is 6.22. The zero-order valence-corrected chi connectivity index (χ0v) is 22.2. The molecule has 1 saturated heterocycles. The highest BCUT2D eigenvalue weighted by Crippen LogP contribution is 2.38. The summed E-state index contributed by atoms with van der Waals surface area (Å²) >= 11 is 3.53. The molecule has 1 N–H and O–H groups in total. The Morgan fingerprint density at radius 1 is 0.921 bits per heavy atom. The van der Waals surface area contributed by atoms with Gasteiger partial charge in [-0.15, -0.1) is 0 Å². The third kappa shape index (κ3) is 4.90. The third-order valence-corrected chi connectivity index (χ3v) is 6.81. The van der Waals surface area contributed by atoms with Crippen molar-refractivity contribution >= 4 is 56.3 Å². The van der Waals surface area contributed by atoms with E-state index in [1.54, 1.807) is 43.3 Å². The molecule has 1 fully saturated rings. The van der Waals surface area contributed by atoms with Crippen LogP contribution in [-0.2, 0) is 16.2 Å². The average Bonchev–Trinajstić information content (AvgIpc) is 2.91. The molecule has 4 aromatic rings. The van der Waals surface area contributed by atoms with Crippen LogP contribution in [0.25, 0.3) is 16.8 Å². The highest BCUT2D eigenvalue weighted by atomic mass is 79.9. The number of hydrogen-bond acceptors (Lipinski definition) is 5. The van der Waals surface area contributed by atoms with Gasteiger partial charge in [0, 0.05) is 0 Å². The number of ether oxygens (including phenoxy) is 2. The van der Waals surface area contributed by atoms with Crippen molar-refractivity contribution in [2.45, 2.75) is 13.5 Å². The lowest BCUT2D eigenvalue weighted by atomic mass is 10.1. The number of aryl methyl sites for hydroxylation is 1. The first-order valence-electron chi connectivity index (χ1n) is 11.8. The van der Waals surface area contributed by atoms with Crippen LogP contribution in [0.2, 0.25) is 0 Å². The van der Waals surface area contributed by atoms with Crippen molar-refractivity contribution in [3.05, 3.63) is 106 Å². The molecule has 0 spiro atoms. The SMILES string of the molecule is COc1cc(/C=C2\C(=O)NC(=O)N(c3ccccc3C)C2=O)cc(Br)c1OCc1ccc2ccccc2c1. The van der Waals surface area contributed by atoms with Crippen LogP contribution in [0, 0.1) is 6.92 Å². The predicted octanol–water partition coefficient (Wildman–Crippen LogP) is 6.16. The molecule has 0 aromatic heterocycles. The second-order valence-corrected chi connectivity index (χ2v) is 9.60. The summed E-state index contributed by atoms with van der Waals surface area (Å²) in [5, 5.41) is 4.52. The van der Waals surface area contributed by atoms with Gasteiger partial charge in [-0.05, 0) is 80.7 Å². The lowest BCUT2D eigenvalue weighted by Gasteiger charge is -2.27. The summed E-state index contributed by atoms with van der Waals surface area (Å²) in [7, 11) is 1.51. The number of anilines is 1. The number of urea groups is 1. The van der Waals surface area contributed by atoms with Crippen LogP contribution in [0.4, 0.5) is 10.5 Å². The van der Waals surface area contributed by atoms with Gasteiger partial charge in [-0.25, -0.2) is 9.69 Å². The molecule has 0 atom stereocenters. The molecule has 0 bridgehead atoms. The maximum atomic E-state index is 13.3. The lowest BCUT2D eigenvalue weighted by molar-refractivity contribution is -0.122. The molecular formula is C30H23BrN2O5. The molecule has 0 radical (unpaired) electrons. The van der Waals surface area contributed by atoms with E-state index in [9.17, 15) is 14.4 Å². The fourth-order valence-corrected chi connectivity index (χ4v) is 4.88. The first-order valence-corrected chi connectivity index (χ1v) is 12.6. The van der Waals surface area contributed by atoms with E-state index in [1.165, 1.54) is 13.2 Å². The minimum absolute atomic E-state index is 0.174. The number of carbonyl (C=O) groups is 3. The Labute approximate surface area is 227 Å².